The van der Waals surface area contributed by atoms with Crippen molar-refractivity contribution in [3.05, 3.63) is 28.1 Å². The lowest BCUT2D eigenvalue weighted by Gasteiger charge is -2.40. The first-order valence-corrected chi connectivity index (χ1v) is 8.50. The number of rotatable bonds is 6. The molecule has 22 heavy (non-hydrogen) atoms. The number of ether oxygens (including phenoxy) is 1. The first-order valence-electron chi connectivity index (χ1n) is 7.62. The van der Waals surface area contributed by atoms with E-state index in [-0.39, 0.29) is 18.4 Å². The largest absolute Gasteiger partial charge is 0.477 e. The number of Topliss-reactive ketones (excluding diaryl/α,β-unsaturated/α-hetero) is 1. The first-order chi connectivity index (χ1) is 10.4. The van der Waals surface area contributed by atoms with E-state index in [4.69, 9.17) is 4.74 Å². The van der Waals surface area contributed by atoms with Crippen LogP contribution in [0, 0.1) is 0 Å². The fraction of sp³-hybridized carbons (Fsp3) is 0.529. The van der Waals surface area contributed by atoms with Crippen molar-refractivity contribution in [1.82, 2.24) is 4.90 Å². The fourth-order valence-electron chi connectivity index (χ4n) is 2.49. The van der Waals surface area contributed by atoms with Crippen molar-refractivity contribution in [2.24, 2.45) is 0 Å². The molecule has 0 bridgehead atoms. The third-order valence-electron chi connectivity index (χ3n) is 4.10. The number of thiophene rings is 1. The molecule has 120 valence electrons. The van der Waals surface area contributed by atoms with Gasteiger partial charge in [0, 0.05) is 11.3 Å². The summed E-state index contributed by atoms with van der Waals surface area (Å²) in [6.45, 7) is 7.59. The van der Waals surface area contributed by atoms with Crippen LogP contribution in [-0.2, 0) is 14.3 Å². The topological polar surface area (TPSA) is 46.6 Å². The van der Waals surface area contributed by atoms with E-state index in [2.05, 4.69) is 6.92 Å². The molecular weight excluding hydrogens is 298 g/mol. The van der Waals surface area contributed by atoms with E-state index in [0.29, 0.717) is 17.8 Å². The highest BCUT2D eigenvalue weighted by atomic mass is 32.1. The molecule has 4 nitrogen and oxygen atoms in total. The van der Waals surface area contributed by atoms with Crippen LogP contribution in [0.1, 0.15) is 51.8 Å². The van der Waals surface area contributed by atoms with Gasteiger partial charge in [-0.2, -0.15) is 0 Å². The Bertz CT molecular complexity index is 587. The summed E-state index contributed by atoms with van der Waals surface area (Å²) in [7, 11) is 0. The van der Waals surface area contributed by atoms with E-state index in [1.807, 2.05) is 17.5 Å². The number of hydrogen-bond donors (Lipinski definition) is 0. The maximum absolute atomic E-state index is 12.9. The molecule has 1 aliphatic heterocycles. The molecule has 0 aliphatic carbocycles. The van der Waals surface area contributed by atoms with Crippen molar-refractivity contribution in [1.29, 1.82) is 0 Å². The van der Waals surface area contributed by atoms with Gasteiger partial charge in [-0.15, -0.1) is 11.3 Å². The van der Waals surface area contributed by atoms with Gasteiger partial charge in [-0.1, -0.05) is 19.4 Å². The zero-order valence-electron chi connectivity index (χ0n) is 13.6. The van der Waals surface area contributed by atoms with Crippen molar-refractivity contribution in [2.75, 3.05) is 6.73 Å². The van der Waals surface area contributed by atoms with Gasteiger partial charge in [0.15, 0.2) is 12.5 Å². The summed E-state index contributed by atoms with van der Waals surface area (Å²) in [5.74, 6) is 0.581. The molecule has 0 N–H and O–H groups in total. The third kappa shape index (κ3) is 3.09. The summed E-state index contributed by atoms with van der Waals surface area (Å²) in [5.41, 5.74) is -0.284. The number of carbonyl (C=O) groups is 2. The Morgan fingerprint density at radius 2 is 2.18 bits per heavy atom. The van der Waals surface area contributed by atoms with E-state index in [9.17, 15) is 9.59 Å². The van der Waals surface area contributed by atoms with Crippen LogP contribution in [-0.4, -0.2) is 28.9 Å². The summed E-state index contributed by atoms with van der Waals surface area (Å²) in [6.07, 6.45) is 2.30. The molecule has 0 spiro atoms. The molecule has 2 rings (SSSR count). The average molecular weight is 321 g/mol. The minimum atomic E-state index is -0.852. The Kier molecular flexibility index (Phi) is 5.06. The molecule has 0 radical (unpaired) electrons. The summed E-state index contributed by atoms with van der Waals surface area (Å²) in [6, 6.07) is 3.81. The molecule has 1 amide bonds. The number of nitrogens with zero attached hydrogens (tertiary/aromatic N) is 1. The van der Waals surface area contributed by atoms with E-state index in [0.717, 1.165) is 17.7 Å². The Balaban J connectivity index is 2.27. The van der Waals surface area contributed by atoms with Gasteiger partial charge in [-0.25, -0.2) is 0 Å². The minimum Gasteiger partial charge on any atom is -0.477 e. The Morgan fingerprint density at radius 1 is 1.45 bits per heavy atom. The first kappa shape index (κ1) is 16.7. The van der Waals surface area contributed by atoms with Crippen molar-refractivity contribution < 1.29 is 14.3 Å². The van der Waals surface area contributed by atoms with E-state index < -0.39 is 5.54 Å². The van der Waals surface area contributed by atoms with Gasteiger partial charge in [0.25, 0.3) is 5.91 Å². The SMILES string of the molecule is CCCCC(=O)C(C)(C)N1COC(C)=C(c2cccs2)C1=O. The fourth-order valence-corrected chi connectivity index (χ4v) is 3.30. The van der Waals surface area contributed by atoms with Gasteiger partial charge in [-0.3, -0.25) is 14.5 Å². The molecule has 0 saturated heterocycles. The molecule has 1 aliphatic rings. The van der Waals surface area contributed by atoms with Gasteiger partial charge < -0.3 is 4.74 Å². The van der Waals surface area contributed by atoms with Gasteiger partial charge in [0.2, 0.25) is 0 Å². The predicted molar refractivity (Wildman–Crippen MR) is 88.3 cm³/mol. The summed E-state index contributed by atoms with van der Waals surface area (Å²) in [5, 5.41) is 1.93. The normalized spacial score (nSPS) is 16.0. The number of amides is 1. The van der Waals surface area contributed by atoms with Crippen LogP contribution in [0.15, 0.2) is 23.3 Å². The van der Waals surface area contributed by atoms with Crippen molar-refractivity contribution in [2.45, 2.75) is 52.5 Å². The average Bonchev–Trinajstić information content (AvgIpc) is 2.98. The highest BCUT2D eigenvalue weighted by Crippen LogP contribution is 2.33. The number of ketones is 1. The van der Waals surface area contributed by atoms with Crippen molar-refractivity contribution in [3.63, 3.8) is 0 Å². The molecule has 5 heteroatoms. The lowest BCUT2D eigenvalue weighted by molar-refractivity contribution is -0.148. The van der Waals surface area contributed by atoms with Crippen LogP contribution in [0.3, 0.4) is 0 Å². The zero-order chi connectivity index (χ0) is 16.3. The van der Waals surface area contributed by atoms with Crippen molar-refractivity contribution >= 4 is 28.6 Å². The monoisotopic (exact) mass is 321 g/mol. The van der Waals surface area contributed by atoms with Gasteiger partial charge in [-0.05, 0) is 38.6 Å². The molecule has 0 fully saturated rings. The molecule has 0 saturated carbocycles. The number of allylic oxidation sites excluding steroid dienone is 1. The van der Waals surface area contributed by atoms with Crippen LogP contribution in [0.25, 0.3) is 5.57 Å². The third-order valence-corrected chi connectivity index (χ3v) is 4.99. The number of carbonyl (C=O) groups excluding carboxylic acids is 2. The summed E-state index contributed by atoms with van der Waals surface area (Å²) < 4.78 is 5.68. The number of unbranched alkanes of at least 4 members (excludes halogenated alkanes) is 1. The standard InChI is InChI=1S/C17H23NO3S/c1-5-6-9-14(19)17(3,4)18-11-21-12(2)15(16(18)20)13-8-7-10-22-13/h7-8,10H,5-6,9,11H2,1-4H3. The molecule has 2 heterocycles. The van der Waals surface area contributed by atoms with Crippen LogP contribution >= 0.6 is 11.3 Å². The Morgan fingerprint density at radius 3 is 2.77 bits per heavy atom. The van der Waals surface area contributed by atoms with Crippen molar-refractivity contribution in [3.8, 4) is 0 Å². The maximum atomic E-state index is 12.9. The smallest absolute Gasteiger partial charge is 0.262 e. The van der Waals surface area contributed by atoms with E-state index >= 15 is 0 Å². The van der Waals surface area contributed by atoms with Gasteiger partial charge in [0.05, 0.1) is 11.1 Å². The lowest BCUT2D eigenvalue weighted by atomic mass is 9.92. The molecule has 0 atom stereocenters. The predicted octanol–water partition coefficient (Wildman–Crippen LogP) is 3.83. The molecule has 0 aromatic carbocycles. The van der Waals surface area contributed by atoms with Crippen LogP contribution in [0.2, 0.25) is 0 Å². The van der Waals surface area contributed by atoms with Crippen LogP contribution < -0.4 is 0 Å². The Labute approximate surface area is 135 Å². The second-order valence-corrected chi connectivity index (χ2v) is 6.95. The maximum Gasteiger partial charge on any atom is 0.262 e. The zero-order valence-corrected chi connectivity index (χ0v) is 14.5. The molecular formula is C17H23NO3S. The minimum absolute atomic E-state index is 0.0800. The van der Waals surface area contributed by atoms with E-state index in [1.165, 1.54) is 11.3 Å². The Hall–Kier alpha value is -1.62. The molecule has 1 aromatic heterocycles. The molecule has 1 aromatic rings. The summed E-state index contributed by atoms with van der Waals surface area (Å²) >= 11 is 1.50. The van der Waals surface area contributed by atoms with E-state index in [1.54, 1.807) is 25.7 Å². The highest BCUT2D eigenvalue weighted by molar-refractivity contribution is 7.11. The van der Waals surface area contributed by atoms with Gasteiger partial charge >= 0.3 is 0 Å². The van der Waals surface area contributed by atoms with Gasteiger partial charge in [0.1, 0.15) is 5.76 Å². The molecule has 0 unspecified atom stereocenters. The number of hydrogen-bond acceptors (Lipinski definition) is 4. The summed E-state index contributed by atoms with van der Waals surface area (Å²) in [4.78, 5) is 27.8. The van der Waals surface area contributed by atoms with Crippen LogP contribution in [0.5, 0.6) is 0 Å². The second-order valence-electron chi connectivity index (χ2n) is 6.00. The second kappa shape index (κ2) is 6.65. The lowest BCUT2D eigenvalue weighted by Crippen LogP contribution is -2.55. The highest BCUT2D eigenvalue weighted by Gasteiger charge is 2.41. The quantitative estimate of drug-likeness (QED) is 0.800. The van der Waals surface area contributed by atoms with Crippen LogP contribution in [0.4, 0.5) is 0 Å².